The summed E-state index contributed by atoms with van der Waals surface area (Å²) < 4.78 is 16.5. The number of amides is 1. The minimum atomic E-state index is -0.335. The minimum Gasteiger partial charge on any atom is -0.490 e. The fraction of sp³-hybridized carbons (Fsp3) is 0.300. The van der Waals surface area contributed by atoms with Crippen molar-refractivity contribution in [3.63, 3.8) is 0 Å². The molecule has 0 saturated heterocycles. The maximum absolute atomic E-state index is 11.8. The van der Waals surface area contributed by atoms with Crippen molar-refractivity contribution in [2.75, 3.05) is 19.8 Å². The Kier molecular flexibility index (Phi) is 7.49. The predicted molar refractivity (Wildman–Crippen MR) is 101 cm³/mol. The van der Waals surface area contributed by atoms with Crippen LogP contribution in [0, 0.1) is 6.92 Å². The molecule has 1 amide bonds. The van der Waals surface area contributed by atoms with Crippen LogP contribution < -0.4 is 19.6 Å². The van der Waals surface area contributed by atoms with E-state index in [1.54, 1.807) is 12.3 Å². The van der Waals surface area contributed by atoms with Gasteiger partial charge in [-0.05, 0) is 62.2 Å². The summed E-state index contributed by atoms with van der Waals surface area (Å²) in [5.74, 6) is 1.64. The number of rotatable bonds is 9. The molecule has 0 aliphatic carbocycles. The molecule has 6 nitrogen and oxygen atoms in total. The molecule has 26 heavy (non-hydrogen) atoms. The first kappa shape index (κ1) is 19.3. The Balaban J connectivity index is 1.88. The number of ether oxygens (including phenoxy) is 3. The lowest BCUT2D eigenvalue weighted by Gasteiger charge is -2.11. The largest absolute Gasteiger partial charge is 0.490 e. The van der Waals surface area contributed by atoms with Crippen LogP contribution in [0.15, 0.2) is 47.6 Å². The van der Waals surface area contributed by atoms with E-state index in [0.717, 1.165) is 11.1 Å². The monoisotopic (exact) mass is 356 g/mol. The summed E-state index contributed by atoms with van der Waals surface area (Å²) in [7, 11) is 0. The second-order valence-corrected chi connectivity index (χ2v) is 5.47. The van der Waals surface area contributed by atoms with Crippen LogP contribution in [0.3, 0.4) is 0 Å². The Labute approximate surface area is 153 Å². The number of carbonyl (C=O) groups is 1. The third-order valence-corrected chi connectivity index (χ3v) is 3.33. The van der Waals surface area contributed by atoms with Gasteiger partial charge in [-0.25, -0.2) is 5.43 Å². The first-order valence-corrected chi connectivity index (χ1v) is 8.53. The lowest BCUT2D eigenvalue weighted by Crippen LogP contribution is -2.24. The number of aryl methyl sites for hydroxylation is 1. The second kappa shape index (κ2) is 10.1. The molecule has 0 bridgehead atoms. The number of hydrogen-bond acceptors (Lipinski definition) is 5. The molecule has 0 fully saturated rings. The van der Waals surface area contributed by atoms with Crippen molar-refractivity contribution in [2.45, 2.75) is 20.8 Å². The average molecular weight is 356 g/mol. The smallest absolute Gasteiger partial charge is 0.277 e. The van der Waals surface area contributed by atoms with Gasteiger partial charge in [-0.2, -0.15) is 5.10 Å². The molecule has 0 aliphatic rings. The van der Waals surface area contributed by atoms with E-state index in [2.05, 4.69) is 10.5 Å². The Bertz CT molecular complexity index is 759. The quantitative estimate of drug-likeness (QED) is 0.553. The highest BCUT2D eigenvalue weighted by Crippen LogP contribution is 2.27. The number of benzene rings is 2. The summed E-state index contributed by atoms with van der Waals surface area (Å²) >= 11 is 0. The van der Waals surface area contributed by atoms with Crippen molar-refractivity contribution in [1.29, 1.82) is 0 Å². The maximum atomic E-state index is 11.8. The molecular formula is C20H24N2O4. The van der Waals surface area contributed by atoms with Gasteiger partial charge in [0.1, 0.15) is 5.75 Å². The van der Waals surface area contributed by atoms with Crippen molar-refractivity contribution in [2.24, 2.45) is 5.10 Å². The van der Waals surface area contributed by atoms with E-state index in [1.807, 2.05) is 57.2 Å². The summed E-state index contributed by atoms with van der Waals surface area (Å²) in [5, 5.41) is 3.95. The lowest BCUT2D eigenvalue weighted by atomic mass is 10.2. The zero-order valence-corrected chi connectivity index (χ0v) is 15.3. The molecular weight excluding hydrogens is 332 g/mol. The fourth-order valence-corrected chi connectivity index (χ4v) is 2.21. The molecule has 1 N–H and O–H groups in total. The standard InChI is InChI=1S/C20H24N2O4/c1-4-24-18-10-9-16(12-19(18)25-5-2)13-21-22-20(23)14-26-17-8-6-7-15(3)11-17/h6-13H,4-5,14H2,1-3H3,(H,22,23)/b21-13+. The van der Waals surface area contributed by atoms with E-state index in [1.165, 1.54) is 0 Å². The van der Waals surface area contributed by atoms with Crippen LogP contribution in [0.1, 0.15) is 25.0 Å². The van der Waals surface area contributed by atoms with Gasteiger partial charge in [0, 0.05) is 0 Å². The fourth-order valence-electron chi connectivity index (χ4n) is 2.21. The van der Waals surface area contributed by atoms with E-state index in [4.69, 9.17) is 14.2 Å². The number of nitrogens with one attached hydrogen (secondary N) is 1. The van der Waals surface area contributed by atoms with Crippen LogP contribution in [0.25, 0.3) is 0 Å². The molecule has 0 aliphatic heterocycles. The van der Waals surface area contributed by atoms with Crippen molar-refractivity contribution in [1.82, 2.24) is 5.43 Å². The van der Waals surface area contributed by atoms with E-state index in [-0.39, 0.29) is 12.5 Å². The third kappa shape index (κ3) is 6.12. The highest BCUT2D eigenvalue weighted by molar-refractivity contribution is 5.83. The highest BCUT2D eigenvalue weighted by Gasteiger charge is 2.05. The van der Waals surface area contributed by atoms with Gasteiger partial charge in [-0.15, -0.1) is 0 Å². The zero-order valence-electron chi connectivity index (χ0n) is 15.3. The van der Waals surface area contributed by atoms with Crippen LogP contribution in [-0.4, -0.2) is 31.9 Å². The van der Waals surface area contributed by atoms with Gasteiger partial charge in [-0.3, -0.25) is 4.79 Å². The first-order chi connectivity index (χ1) is 12.6. The van der Waals surface area contributed by atoms with Crippen molar-refractivity contribution in [3.8, 4) is 17.2 Å². The van der Waals surface area contributed by atoms with E-state index < -0.39 is 0 Å². The van der Waals surface area contributed by atoms with Gasteiger partial charge in [-0.1, -0.05) is 12.1 Å². The Morgan fingerprint density at radius 1 is 1.04 bits per heavy atom. The SMILES string of the molecule is CCOc1ccc(/C=N/NC(=O)COc2cccc(C)c2)cc1OCC. The second-order valence-electron chi connectivity index (χ2n) is 5.47. The minimum absolute atomic E-state index is 0.103. The van der Waals surface area contributed by atoms with Gasteiger partial charge in [0.05, 0.1) is 19.4 Å². The first-order valence-electron chi connectivity index (χ1n) is 8.53. The van der Waals surface area contributed by atoms with Crippen molar-refractivity contribution in [3.05, 3.63) is 53.6 Å². The third-order valence-electron chi connectivity index (χ3n) is 3.33. The maximum Gasteiger partial charge on any atom is 0.277 e. The van der Waals surface area contributed by atoms with E-state index in [0.29, 0.717) is 30.5 Å². The Hall–Kier alpha value is -3.02. The van der Waals surface area contributed by atoms with Gasteiger partial charge < -0.3 is 14.2 Å². The number of carbonyl (C=O) groups excluding carboxylic acids is 1. The van der Waals surface area contributed by atoms with Crippen LogP contribution >= 0.6 is 0 Å². The summed E-state index contributed by atoms with van der Waals surface area (Å²) in [6.45, 7) is 6.78. The number of nitrogens with zero attached hydrogens (tertiary/aromatic N) is 1. The molecule has 138 valence electrons. The van der Waals surface area contributed by atoms with Gasteiger partial charge in [0.25, 0.3) is 5.91 Å². The highest BCUT2D eigenvalue weighted by atomic mass is 16.5. The van der Waals surface area contributed by atoms with E-state index >= 15 is 0 Å². The zero-order chi connectivity index (χ0) is 18.8. The predicted octanol–water partition coefficient (Wildman–Crippen LogP) is 3.32. The van der Waals surface area contributed by atoms with Crippen LogP contribution in [-0.2, 0) is 4.79 Å². The van der Waals surface area contributed by atoms with E-state index in [9.17, 15) is 4.79 Å². The summed E-state index contributed by atoms with van der Waals surface area (Å²) in [6, 6.07) is 13.0. The van der Waals surface area contributed by atoms with Crippen LogP contribution in [0.2, 0.25) is 0 Å². The Morgan fingerprint density at radius 2 is 1.81 bits per heavy atom. The molecule has 0 spiro atoms. The molecule has 0 radical (unpaired) electrons. The molecule has 6 heteroatoms. The lowest BCUT2D eigenvalue weighted by molar-refractivity contribution is -0.123. The molecule has 0 heterocycles. The molecule has 2 aromatic rings. The average Bonchev–Trinajstić information content (AvgIpc) is 2.62. The molecule has 2 rings (SSSR count). The van der Waals surface area contributed by atoms with Crippen LogP contribution in [0.4, 0.5) is 0 Å². The van der Waals surface area contributed by atoms with Crippen molar-refractivity contribution < 1.29 is 19.0 Å². The summed E-state index contributed by atoms with van der Waals surface area (Å²) in [6.07, 6.45) is 1.54. The Morgan fingerprint density at radius 3 is 2.54 bits per heavy atom. The van der Waals surface area contributed by atoms with Crippen LogP contribution in [0.5, 0.6) is 17.2 Å². The summed E-state index contributed by atoms with van der Waals surface area (Å²) in [5.41, 5.74) is 4.30. The van der Waals surface area contributed by atoms with Gasteiger partial charge in [0.2, 0.25) is 0 Å². The molecule has 0 atom stereocenters. The molecule has 0 saturated carbocycles. The normalized spacial score (nSPS) is 10.6. The molecule has 2 aromatic carbocycles. The molecule has 0 unspecified atom stereocenters. The number of hydrogen-bond donors (Lipinski definition) is 1. The molecule has 0 aromatic heterocycles. The van der Waals surface area contributed by atoms with Gasteiger partial charge >= 0.3 is 0 Å². The topological polar surface area (TPSA) is 69.2 Å². The number of hydrazone groups is 1. The van der Waals surface area contributed by atoms with Gasteiger partial charge in [0.15, 0.2) is 18.1 Å². The van der Waals surface area contributed by atoms with Crippen molar-refractivity contribution >= 4 is 12.1 Å². The summed E-state index contributed by atoms with van der Waals surface area (Å²) in [4.78, 5) is 11.8.